The quantitative estimate of drug-likeness (QED) is 0.446. The van der Waals surface area contributed by atoms with Crippen LogP contribution < -0.4 is 20.9 Å². The van der Waals surface area contributed by atoms with Crippen molar-refractivity contribution in [3.8, 4) is 16.9 Å². The van der Waals surface area contributed by atoms with Crippen LogP contribution in [-0.2, 0) is 11.3 Å². The van der Waals surface area contributed by atoms with Gasteiger partial charge in [0.2, 0.25) is 5.82 Å². The number of fused-ring (bicyclic) bond motifs is 2. The van der Waals surface area contributed by atoms with Gasteiger partial charge in [-0.05, 0) is 30.2 Å². The van der Waals surface area contributed by atoms with Gasteiger partial charge in [0, 0.05) is 17.0 Å². The third-order valence-electron chi connectivity index (χ3n) is 5.15. The molecule has 0 radical (unpaired) electrons. The van der Waals surface area contributed by atoms with Crippen molar-refractivity contribution in [1.82, 2.24) is 15.3 Å². The summed E-state index contributed by atoms with van der Waals surface area (Å²) >= 11 is 1.38. The third-order valence-corrected chi connectivity index (χ3v) is 6.14. The van der Waals surface area contributed by atoms with Crippen molar-refractivity contribution in [1.29, 1.82) is 0 Å². The summed E-state index contributed by atoms with van der Waals surface area (Å²) in [5.74, 6) is -0.180. The van der Waals surface area contributed by atoms with Crippen molar-refractivity contribution in [3.05, 3.63) is 75.1 Å². The molecule has 0 unspecified atom stereocenters. The Hall–Kier alpha value is -3.98. The van der Waals surface area contributed by atoms with Crippen molar-refractivity contribution in [2.24, 2.45) is 0 Å². The number of carbonyl (C=O) groups excluding carboxylic acids is 2. The largest absolute Gasteiger partial charge is 0.482 e. The van der Waals surface area contributed by atoms with E-state index in [0.717, 1.165) is 21.6 Å². The highest BCUT2D eigenvalue weighted by atomic mass is 32.1. The molecule has 32 heavy (non-hydrogen) atoms. The molecule has 8 nitrogen and oxygen atoms in total. The second-order valence-corrected chi connectivity index (χ2v) is 8.55. The van der Waals surface area contributed by atoms with E-state index in [2.05, 4.69) is 20.6 Å². The molecule has 0 aliphatic carbocycles. The molecular formula is C23H18N4O4S. The van der Waals surface area contributed by atoms with Gasteiger partial charge in [-0.1, -0.05) is 36.4 Å². The highest BCUT2D eigenvalue weighted by molar-refractivity contribution is 7.19. The second-order valence-electron chi connectivity index (χ2n) is 7.34. The standard InChI is InChI=1S/C23H18N4O4S/c1-12-18(14-5-3-2-4-6-14)19-21(29)26-20(27-23(19)32-12)22(30)24-10-13-7-8-16-15(9-13)25-17(28)11-31-16/h2-9H,10-11H2,1H3,(H,24,30)(H,25,28)(H,26,27,29). The molecule has 4 aromatic rings. The fourth-order valence-corrected chi connectivity index (χ4v) is 4.73. The number of ether oxygens (including phenoxy) is 1. The summed E-state index contributed by atoms with van der Waals surface area (Å²) in [6.07, 6.45) is 0. The Morgan fingerprint density at radius 1 is 1.19 bits per heavy atom. The Morgan fingerprint density at radius 2 is 2.00 bits per heavy atom. The Morgan fingerprint density at radius 3 is 2.81 bits per heavy atom. The number of anilines is 1. The lowest BCUT2D eigenvalue weighted by molar-refractivity contribution is -0.118. The fourth-order valence-electron chi connectivity index (χ4n) is 3.69. The molecule has 0 saturated heterocycles. The Bertz CT molecular complexity index is 1430. The topological polar surface area (TPSA) is 113 Å². The minimum atomic E-state index is -0.491. The van der Waals surface area contributed by atoms with Crippen LogP contribution in [0.25, 0.3) is 21.3 Å². The van der Waals surface area contributed by atoms with Crippen LogP contribution in [0.2, 0.25) is 0 Å². The van der Waals surface area contributed by atoms with Crippen molar-refractivity contribution in [2.75, 3.05) is 11.9 Å². The molecular weight excluding hydrogens is 428 g/mol. The zero-order valence-corrected chi connectivity index (χ0v) is 17.8. The zero-order valence-electron chi connectivity index (χ0n) is 17.0. The van der Waals surface area contributed by atoms with Crippen LogP contribution in [0, 0.1) is 6.92 Å². The van der Waals surface area contributed by atoms with Crippen molar-refractivity contribution >= 4 is 39.1 Å². The molecule has 2 aromatic carbocycles. The van der Waals surface area contributed by atoms with Gasteiger partial charge in [0.25, 0.3) is 17.4 Å². The predicted molar refractivity (Wildman–Crippen MR) is 122 cm³/mol. The first kappa shape index (κ1) is 20.0. The Balaban J connectivity index is 1.39. The van der Waals surface area contributed by atoms with Gasteiger partial charge in [0.05, 0.1) is 11.1 Å². The molecule has 1 aliphatic rings. The van der Waals surface area contributed by atoms with Crippen LogP contribution >= 0.6 is 11.3 Å². The fraction of sp³-hybridized carbons (Fsp3) is 0.130. The molecule has 2 aromatic heterocycles. The lowest BCUT2D eigenvalue weighted by Gasteiger charge is -2.18. The first-order chi connectivity index (χ1) is 15.5. The lowest BCUT2D eigenvalue weighted by atomic mass is 10.0. The normalized spacial score (nSPS) is 12.7. The summed E-state index contributed by atoms with van der Waals surface area (Å²) in [6.45, 7) is 2.12. The molecule has 0 fully saturated rings. The first-order valence-corrected chi connectivity index (χ1v) is 10.7. The van der Waals surface area contributed by atoms with Gasteiger partial charge in [-0.2, -0.15) is 0 Å². The summed E-state index contributed by atoms with van der Waals surface area (Å²) in [5, 5.41) is 5.98. The van der Waals surface area contributed by atoms with E-state index in [1.54, 1.807) is 18.2 Å². The zero-order chi connectivity index (χ0) is 22.2. The smallest absolute Gasteiger partial charge is 0.287 e. The van der Waals surface area contributed by atoms with E-state index < -0.39 is 5.91 Å². The predicted octanol–water partition coefficient (Wildman–Crippen LogP) is 3.22. The average Bonchev–Trinajstić information content (AvgIpc) is 3.14. The molecule has 3 heterocycles. The summed E-state index contributed by atoms with van der Waals surface area (Å²) in [4.78, 5) is 45.5. The molecule has 2 amide bonds. The number of amides is 2. The average molecular weight is 446 g/mol. The molecule has 1 aliphatic heterocycles. The van der Waals surface area contributed by atoms with Crippen molar-refractivity contribution in [3.63, 3.8) is 0 Å². The number of nitrogens with zero attached hydrogens (tertiary/aromatic N) is 1. The minimum Gasteiger partial charge on any atom is -0.482 e. The number of thiophene rings is 1. The van der Waals surface area contributed by atoms with E-state index in [1.165, 1.54) is 11.3 Å². The summed E-state index contributed by atoms with van der Waals surface area (Å²) < 4.78 is 5.34. The number of aryl methyl sites for hydroxylation is 1. The van der Waals surface area contributed by atoms with Crippen LogP contribution in [0.3, 0.4) is 0 Å². The number of hydrogen-bond donors (Lipinski definition) is 3. The number of rotatable bonds is 4. The highest BCUT2D eigenvalue weighted by Crippen LogP contribution is 2.35. The molecule has 0 spiro atoms. The van der Waals surface area contributed by atoms with Crippen LogP contribution in [0.15, 0.2) is 53.3 Å². The minimum absolute atomic E-state index is 0.0151. The van der Waals surface area contributed by atoms with Crippen molar-refractivity contribution in [2.45, 2.75) is 13.5 Å². The Kier molecular flexibility index (Phi) is 4.95. The third kappa shape index (κ3) is 3.63. The van der Waals surface area contributed by atoms with Crippen LogP contribution in [0.4, 0.5) is 5.69 Å². The van der Waals surface area contributed by atoms with Gasteiger partial charge in [-0.25, -0.2) is 4.98 Å². The second kappa shape index (κ2) is 7.93. The molecule has 9 heteroatoms. The maximum atomic E-state index is 12.9. The van der Waals surface area contributed by atoms with E-state index in [-0.39, 0.29) is 30.4 Å². The maximum absolute atomic E-state index is 12.9. The number of hydrogen-bond acceptors (Lipinski definition) is 6. The van der Waals surface area contributed by atoms with Gasteiger partial charge in [0.15, 0.2) is 6.61 Å². The molecule has 0 saturated carbocycles. The van der Waals surface area contributed by atoms with E-state index in [1.807, 2.05) is 37.3 Å². The van der Waals surface area contributed by atoms with Crippen LogP contribution in [-0.4, -0.2) is 28.4 Å². The number of aromatic nitrogens is 2. The van der Waals surface area contributed by atoms with Gasteiger partial charge in [0.1, 0.15) is 10.6 Å². The lowest BCUT2D eigenvalue weighted by Crippen LogP contribution is -2.28. The number of aromatic amines is 1. The van der Waals surface area contributed by atoms with E-state index >= 15 is 0 Å². The van der Waals surface area contributed by atoms with Gasteiger partial charge in [-0.15, -0.1) is 11.3 Å². The number of carbonyl (C=O) groups is 2. The van der Waals surface area contributed by atoms with E-state index in [9.17, 15) is 14.4 Å². The number of benzene rings is 2. The Labute approximate surface area is 186 Å². The maximum Gasteiger partial charge on any atom is 0.287 e. The number of H-pyrrole nitrogens is 1. The molecule has 0 bridgehead atoms. The van der Waals surface area contributed by atoms with E-state index in [4.69, 9.17) is 4.74 Å². The molecule has 0 atom stereocenters. The first-order valence-electron chi connectivity index (χ1n) is 9.92. The summed E-state index contributed by atoms with van der Waals surface area (Å²) in [5.41, 5.74) is 2.75. The molecule has 160 valence electrons. The number of nitrogens with one attached hydrogen (secondary N) is 3. The monoisotopic (exact) mass is 446 g/mol. The highest BCUT2D eigenvalue weighted by Gasteiger charge is 2.19. The van der Waals surface area contributed by atoms with Gasteiger partial charge >= 0.3 is 0 Å². The van der Waals surface area contributed by atoms with Gasteiger partial charge in [-0.3, -0.25) is 14.4 Å². The SMILES string of the molecule is Cc1sc2nc(C(=O)NCc3ccc4c(c3)NC(=O)CO4)[nH]c(=O)c2c1-c1ccccc1. The van der Waals surface area contributed by atoms with Gasteiger partial charge < -0.3 is 20.4 Å². The van der Waals surface area contributed by atoms with E-state index in [0.29, 0.717) is 21.7 Å². The molecule has 5 rings (SSSR count). The van der Waals surface area contributed by atoms with Crippen LogP contribution in [0.1, 0.15) is 21.1 Å². The van der Waals surface area contributed by atoms with Crippen LogP contribution in [0.5, 0.6) is 5.75 Å². The summed E-state index contributed by atoms with van der Waals surface area (Å²) in [7, 11) is 0. The van der Waals surface area contributed by atoms with Crippen molar-refractivity contribution < 1.29 is 14.3 Å². The summed E-state index contributed by atoms with van der Waals surface area (Å²) in [6, 6.07) is 14.9. The molecule has 3 N–H and O–H groups in total.